The molecule has 2 heterocycles. The summed E-state index contributed by atoms with van der Waals surface area (Å²) in [5.41, 5.74) is 0.766. The van der Waals surface area contributed by atoms with Crippen LogP contribution < -0.4 is 10.0 Å². The number of anilines is 1. The Hall–Kier alpha value is -3.11. The molecule has 0 atom stereocenters. The number of hydrogen-bond acceptors (Lipinski definition) is 5. The molecule has 10 heteroatoms. The molecule has 3 aromatic rings. The molecular formula is C24H26FN5O3S. The molecule has 0 spiro atoms. The maximum absolute atomic E-state index is 14.6. The molecule has 8 nitrogen and oxygen atoms in total. The Kier molecular flexibility index (Phi) is 6.18. The van der Waals surface area contributed by atoms with Gasteiger partial charge in [-0.15, -0.1) is 10.2 Å². The van der Waals surface area contributed by atoms with Crippen molar-refractivity contribution in [1.29, 1.82) is 0 Å². The van der Waals surface area contributed by atoms with E-state index in [1.54, 1.807) is 6.07 Å². The van der Waals surface area contributed by atoms with E-state index >= 15 is 0 Å². The van der Waals surface area contributed by atoms with Crippen LogP contribution >= 0.6 is 0 Å². The highest BCUT2D eigenvalue weighted by Gasteiger charge is 2.25. The summed E-state index contributed by atoms with van der Waals surface area (Å²) in [5, 5.41) is 11.2. The van der Waals surface area contributed by atoms with Crippen LogP contribution in [0.15, 0.2) is 47.4 Å². The first-order chi connectivity index (χ1) is 16.4. The van der Waals surface area contributed by atoms with Crippen molar-refractivity contribution in [3.63, 3.8) is 0 Å². The van der Waals surface area contributed by atoms with Crippen LogP contribution in [-0.4, -0.2) is 35.6 Å². The fourth-order valence-corrected chi connectivity index (χ4v) is 5.25. The van der Waals surface area contributed by atoms with Crippen LogP contribution in [0.4, 0.5) is 10.1 Å². The monoisotopic (exact) mass is 483 g/mol. The lowest BCUT2D eigenvalue weighted by molar-refractivity contribution is 0.102. The molecule has 178 valence electrons. The normalized spacial score (nSPS) is 16.0. The van der Waals surface area contributed by atoms with Crippen molar-refractivity contribution in [1.82, 2.24) is 19.5 Å². The van der Waals surface area contributed by atoms with E-state index in [0.29, 0.717) is 23.9 Å². The third-order valence-electron chi connectivity index (χ3n) is 6.25. The van der Waals surface area contributed by atoms with E-state index in [2.05, 4.69) is 24.8 Å². The molecule has 2 aromatic carbocycles. The van der Waals surface area contributed by atoms with Crippen molar-refractivity contribution in [3.05, 3.63) is 59.7 Å². The van der Waals surface area contributed by atoms with Crippen LogP contribution in [0.25, 0.3) is 11.4 Å². The molecule has 34 heavy (non-hydrogen) atoms. The average molecular weight is 484 g/mol. The number of sulfonamides is 1. The Morgan fingerprint density at radius 1 is 1.09 bits per heavy atom. The van der Waals surface area contributed by atoms with Gasteiger partial charge in [0.2, 0.25) is 10.0 Å². The number of halogens is 1. The van der Waals surface area contributed by atoms with Crippen LogP contribution in [0.2, 0.25) is 0 Å². The minimum absolute atomic E-state index is 0.00109. The van der Waals surface area contributed by atoms with Gasteiger partial charge >= 0.3 is 0 Å². The van der Waals surface area contributed by atoms with Crippen molar-refractivity contribution in [2.24, 2.45) is 5.92 Å². The summed E-state index contributed by atoms with van der Waals surface area (Å²) < 4.78 is 44.3. The molecule has 2 aliphatic rings. The number of carbonyl (C=O) groups excluding carboxylic acids is 1. The number of carbonyl (C=O) groups is 1. The number of aromatic nitrogens is 3. The van der Waals surface area contributed by atoms with Gasteiger partial charge < -0.3 is 9.88 Å². The number of benzene rings is 2. The second kappa shape index (κ2) is 9.27. The molecule has 1 saturated carbocycles. The summed E-state index contributed by atoms with van der Waals surface area (Å²) in [7, 11) is -3.72. The van der Waals surface area contributed by atoms with Crippen LogP contribution in [-0.2, 0) is 23.0 Å². The second-order valence-corrected chi connectivity index (χ2v) is 10.6. The highest BCUT2D eigenvalue weighted by Crippen LogP contribution is 2.29. The van der Waals surface area contributed by atoms with Gasteiger partial charge in [0.1, 0.15) is 11.6 Å². The number of nitrogens with one attached hydrogen (secondary N) is 2. The molecule has 0 unspecified atom stereocenters. The molecule has 1 aromatic heterocycles. The Balaban J connectivity index is 1.37. The van der Waals surface area contributed by atoms with Crippen molar-refractivity contribution < 1.29 is 17.6 Å². The number of aryl methyl sites for hydroxylation is 1. The summed E-state index contributed by atoms with van der Waals surface area (Å²) >= 11 is 0. The highest BCUT2D eigenvalue weighted by molar-refractivity contribution is 7.89. The van der Waals surface area contributed by atoms with Crippen LogP contribution in [0.5, 0.6) is 0 Å². The minimum atomic E-state index is -3.72. The number of hydrogen-bond donors (Lipinski definition) is 2. The third kappa shape index (κ3) is 4.88. The van der Waals surface area contributed by atoms with Gasteiger partial charge in [-0.2, -0.15) is 0 Å². The molecule has 0 radical (unpaired) electrons. The molecule has 2 N–H and O–H groups in total. The lowest BCUT2D eigenvalue weighted by Gasteiger charge is -2.11. The highest BCUT2D eigenvalue weighted by atomic mass is 32.2. The van der Waals surface area contributed by atoms with E-state index < -0.39 is 21.7 Å². The van der Waals surface area contributed by atoms with Crippen molar-refractivity contribution in [3.8, 4) is 11.4 Å². The minimum Gasteiger partial charge on any atom is -0.319 e. The SMILES string of the molecule is O=C(Nc1cc(-c2nnc3n2CCCCC3)ccc1F)c1cccc(S(=O)(=O)NCC2CC2)c1. The molecule has 5 rings (SSSR count). The van der Waals surface area contributed by atoms with Crippen LogP contribution in [0.3, 0.4) is 0 Å². The molecule has 1 aliphatic carbocycles. The Labute approximate surface area is 197 Å². The predicted molar refractivity (Wildman–Crippen MR) is 125 cm³/mol. The van der Waals surface area contributed by atoms with E-state index in [-0.39, 0.29) is 16.1 Å². The zero-order chi connectivity index (χ0) is 23.7. The molecule has 1 aliphatic heterocycles. The summed E-state index contributed by atoms with van der Waals surface area (Å²) in [4.78, 5) is 12.9. The lowest BCUT2D eigenvalue weighted by atomic mass is 10.1. The number of fused-ring (bicyclic) bond motifs is 1. The molecular weight excluding hydrogens is 457 g/mol. The van der Waals surface area contributed by atoms with E-state index in [1.165, 1.54) is 36.4 Å². The fraction of sp³-hybridized carbons (Fsp3) is 0.375. The summed E-state index contributed by atoms with van der Waals surface area (Å²) in [6.45, 7) is 1.19. The van der Waals surface area contributed by atoms with Gasteiger partial charge in [-0.3, -0.25) is 4.79 Å². The maximum atomic E-state index is 14.6. The molecule has 0 saturated heterocycles. The van der Waals surface area contributed by atoms with Crippen LogP contribution in [0, 0.1) is 11.7 Å². The predicted octanol–water partition coefficient (Wildman–Crippen LogP) is 3.75. The number of nitrogens with zero attached hydrogens (tertiary/aromatic N) is 3. The Morgan fingerprint density at radius 3 is 2.76 bits per heavy atom. The second-order valence-electron chi connectivity index (χ2n) is 8.87. The summed E-state index contributed by atoms with van der Waals surface area (Å²) in [6.07, 6.45) is 6.11. The quantitative estimate of drug-likeness (QED) is 0.532. The first-order valence-corrected chi connectivity index (χ1v) is 13.0. The van der Waals surface area contributed by atoms with E-state index in [1.807, 2.05) is 0 Å². The van der Waals surface area contributed by atoms with Gasteiger partial charge in [0.05, 0.1) is 10.6 Å². The van der Waals surface area contributed by atoms with E-state index in [0.717, 1.165) is 50.9 Å². The summed E-state index contributed by atoms with van der Waals surface area (Å²) in [5.74, 6) is 0.743. The standard InChI is InChI=1S/C24H26FN5O3S/c25-20-11-10-17(23-29-28-22-7-2-1-3-12-30(22)23)14-21(20)27-24(31)18-5-4-6-19(13-18)34(32,33)26-15-16-8-9-16/h4-6,10-11,13-14,16,26H,1-3,7-9,12,15H2,(H,27,31). The molecule has 1 fully saturated rings. The van der Waals surface area contributed by atoms with Gasteiger partial charge in [0.25, 0.3) is 5.91 Å². The first-order valence-electron chi connectivity index (χ1n) is 11.5. The lowest BCUT2D eigenvalue weighted by Crippen LogP contribution is -2.26. The van der Waals surface area contributed by atoms with E-state index in [9.17, 15) is 17.6 Å². The summed E-state index contributed by atoms with van der Waals surface area (Å²) in [6, 6.07) is 10.2. The molecule has 1 amide bonds. The van der Waals surface area contributed by atoms with Crippen molar-refractivity contribution in [2.45, 2.75) is 50.0 Å². The fourth-order valence-electron chi connectivity index (χ4n) is 4.09. The third-order valence-corrected chi connectivity index (χ3v) is 7.67. The molecule has 0 bridgehead atoms. The van der Waals surface area contributed by atoms with Gasteiger partial charge in [-0.1, -0.05) is 12.5 Å². The first kappa shape index (κ1) is 22.7. The maximum Gasteiger partial charge on any atom is 0.255 e. The van der Waals surface area contributed by atoms with Gasteiger partial charge in [0, 0.05) is 30.6 Å². The van der Waals surface area contributed by atoms with Crippen molar-refractivity contribution >= 4 is 21.6 Å². The van der Waals surface area contributed by atoms with Gasteiger partial charge in [-0.05, 0) is 68.0 Å². The van der Waals surface area contributed by atoms with Crippen LogP contribution in [0.1, 0.15) is 48.3 Å². The van der Waals surface area contributed by atoms with E-state index in [4.69, 9.17) is 0 Å². The van der Waals surface area contributed by atoms with Gasteiger partial charge in [-0.25, -0.2) is 17.5 Å². The average Bonchev–Trinajstić information content (AvgIpc) is 3.63. The number of amides is 1. The zero-order valence-corrected chi connectivity index (χ0v) is 19.4. The topological polar surface area (TPSA) is 106 Å². The zero-order valence-electron chi connectivity index (χ0n) is 18.6. The number of rotatable bonds is 7. The smallest absolute Gasteiger partial charge is 0.255 e. The Bertz CT molecular complexity index is 1330. The Morgan fingerprint density at radius 2 is 1.94 bits per heavy atom. The largest absolute Gasteiger partial charge is 0.319 e. The van der Waals surface area contributed by atoms with Crippen molar-refractivity contribution in [2.75, 3.05) is 11.9 Å². The van der Waals surface area contributed by atoms with Gasteiger partial charge in [0.15, 0.2) is 5.82 Å².